The van der Waals surface area contributed by atoms with E-state index in [0.29, 0.717) is 6.54 Å². The van der Waals surface area contributed by atoms with Gasteiger partial charge >= 0.3 is 0 Å². The minimum atomic E-state index is -0.404. The topological polar surface area (TPSA) is 49.3 Å². The van der Waals surface area contributed by atoms with Crippen molar-refractivity contribution >= 4 is 21.8 Å². The van der Waals surface area contributed by atoms with Gasteiger partial charge in [0.1, 0.15) is 0 Å². The fraction of sp³-hybridized carbons (Fsp3) is 0.500. The van der Waals surface area contributed by atoms with Crippen molar-refractivity contribution in [3.05, 3.63) is 34.3 Å². The lowest BCUT2D eigenvalue weighted by molar-refractivity contribution is -0.126. The van der Waals surface area contributed by atoms with Crippen LogP contribution in [0.25, 0.3) is 0 Å². The number of amides is 1. The maximum absolute atomic E-state index is 12.4. The summed E-state index contributed by atoms with van der Waals surface area (Å²) < 4.78 is 1.00. The third-order valence-electron chi connectivity index (χ3n) is 3.67. The Morgan fingerprint density at radius 1 is 1.39 bits per heavy atom. The number of halogens is 1. The third-order valence-corrected chi connectivity index (χ3v) is 4.16. The van der Waals surface area contributed by atoms with Crippen molar-refractivity contribution in [2.24, 2.45) is 0 Å². The second kappa shape index (κ2) is 5.85. The first-order valence-corrected chi connectivity index (χ1v) is 7.13. The van der Waals surface area contributed by atoms with Crippen molar-refractivity contribution in [3.8, 4) is 0 Å². The zero-order valence-corrected chi connectivity index (χ0v) is 11.9. The molecule has 0 bridgehead atoms. The van der Waals surface area contributed by atoms with Gasteiger partial charge in [-0.25, -0.2) is 0 Å². The van der Waals surface area contributed by atoms with Crippen molar-refractivity contribution in [3.63, 3.8) is 0 Å². The van der Waals surface area contributed by atoms with Gasteiger partial charge in [-0.05, 0) is 30.5 Å². The normalized spacial score (nSPS) is 17.7. The molecular formula is C14H18BrNO2. The molecule has 1 amide bonds. The zero-order valence-electron chi connectivity index (χ0n) is 10.3. The van der Waals surface area contributed by atoms with Crippen molar-refractivity contribution in [2.45, 2.75) is 31.1 Å². The van der Waals surface area contributed by atoms with Crippen LogP contribution >= 0.6 is 15.9 Å². The third kappa shape index (κ3) is 2.59. The maximum atomic E-state index is 12.4. The molecule has 1 fully saturated rings. The van der Waals surface area contributed by atoms with Crippen LogP contribution in [0, 0.1) is 0 Å². The Hall–Kier alpha value is -0.870. The van der Waals surface area contributed by atoms with E-state index in [1.165, 1.54) is 0 Å². The number of rotatable bonds is 4. The van der Waals surface area contributed by atoms with Gasteiger partial charge in [0.25, 0.3) is 0 Å². The van der Waals surface area contributed by atoms with E-state index in [2.05, 4.69) is 21.2 Å². The lowest BCUT2D eigenvalue weighted by Gasteiger charge is -2.28. The second-order valence-corrected chi connectivity index (χ2v) is 5.69. The monoisotopic (exact) mass is 311 g/mol. The number of benzene rings is 1. The average Bonchev–Trinajstić information content (AvgIpc) is 2.86. The predicted octanol–water partition coefficient (Wildman–Crippen LogP) is 2.37. The summed E-state index contributed by atoms with van der Waals surface area (Å²) in [5, 5.41) is 11.7. The molecule has 0 atom stereocenters. The summed E-state index contributed by atoms with van der Waals surface area (Å²) >= 11 is 3.46. The molecule has 3 nitrogen and oxygen atoms in total. The van der Waals surface area contributed by atoms with Crippen LogP contribution in [0.15, 0.2) is 28.7 Å². The molecule has 0 saturated heterocycles. The van der Waals surface area contributed by atoms with E-state index < -0.39 is 5.41 Å². The van der Waals surface area contributed by atoms with Gasteiger partial charge in [0.05, 0.1) is 12.0 Å². The second-order valence-electron chi connectivity index (χ2n) is 4.78. The minimum Gasteiger partial charge on any atom is -0.395 e. The quantitative estimate of drug-likeness (QED) is 0.897. The van der Waals surface area contributed by atoms with Gasteiger partial charge in [0.15, 0.2) is 0 Å². The Balaban J connectivity index is 2.29. The first-order chi connectivity index (χ1) is 8.69. The molecule has 1 aromatic rings. The molecule has 1 aliphatic carbocycles. The molecule has 2 rings (SSSR count). The highest BCUT2D eigenvalue weighted by Crippen LogP contribution is 2.41. The SMILES string of the molecule is O=C(NCCO)C1(c2cccc(Br)c2)CCCC1. The molecule has 0 unspecified atom stereocenters. The van der Waals surface area contributed by atoms with E-state index in [1.54, 1.807) is 0 Å². The molecule has 1 aromatic carbocycles. The molecule has 2 N–H and O–H groups in total. The molecule has 0 aromatic heterocycles. The molecule has 98 valence electrons. The van der Waals surface area contributed by atoms with Crippen LogP contribution in [0.4, 0.5) is 0 Å². The Kier molecular flexibility index (Phi) is 4.40. The van der Waals surface area contributed by atoms with Gasteiger partial charge in [0.2, 0.25) is 5.91 Å². The van der Waals surface area contributed by atoms with Crippen LogP contribution in [-0.4, -0.2) is 24.2 Å². The molecule has 4 heteroatoms. The van der Waals surface area contributed by atoms with Crippen molar-refractivity contribution < 1.29 is 9.90 Å². The van der Waals surface area contributed by atoms with E-state index in [9.17, 15) is 4.79 Å². The minimum absolute atomic E-state index is 0.0136. The van der Waals surface area contributed by atoms with Crippen LogP contribution in [0.2, 0.25) is 0 Å². The zero-order chi connectivity index (χ0) is 13.0. The number of aliphatic hydroxyl groups is 1. The number of nitrogens with one attached hydrogen (secondary N) is 1. The Morgan fingerprint density at radius 2 is 2.11 bits per heavy atom. The number of hydrogen-bond donors (Lipinski definition) is 2. The predicted molar refractivity (Wildman–Crippen MR) is 74.4 cm³/mol. The van der Waals surface area contributed by atoms with Gasteiger partial charge in [-0.15, -0.1) is 0 Å². The lowest BCUT2D eigenvalue weighted by atomic mass is 9.78. The van der Waals surface area contributed by atoms with Crippen LogP contribution in [-0.2, 0) is 10.2 Å². The van der Waals surface area contributed by atoms with E-state index >= 15 is 0 Å². The highest BCUT2D eigenvalue weighted by atomic mass is 79.9. The van der Waals surface area contributed by atoms with E-state index in [0.717, 1.165) is 35.7 Å². The summed E-state index contributed by atoms with van der Waals surface area (Å²) in [6.45, 7) is 0.314. The molecule has 1 saturated carbocycles. The Bertz CT molecular complexity index is 428. The van der Waals surface area contributed by atoms with Crippen molar-refractivity contribution in [2.75, 3.05) is 13.2 Å². The molecule has 0 radical (unpaired) electrons. The largest absolute Gasteiger partial charge is 0.395 e. The number of carbonyl (C=O) groups excluding carboxylic acids is 1. The van der Waals surface area contributed by atoms with Crippen molar-refractivity contribution in [1.82, 2.24) is 5.32 Å². The molecule has 0 aliphatic heterocycles. The number of aliphatic hydroxyl groups excluding tert-OH is 1. The summed E-state index contributed by atoms with van der Waals surface area (Å²) in [5.41, 5.74) is 0.670. The first-order valence-electron chi connectivity index (χ1n) is 6.34. The maximum Gasteiger partial charge on any atom is 0.230 e. The summed E-state index contributed by atoms with van der Waals surface area (Å²) in [7, 11) is 0. The highest BCUT2D eigenvalue weighted by Gasteiger charge is 2.42. The number of carbonyl (C=O) groups is 1. The summed E-state index contributed by atoms with van der Waals surface area (Å²) in [4.78, 5) is 12.4. The highest BCUT2D eigenvalue weighted by molar-refractivity contribution is 9.10. The molecule has 0 heterocycles. The van der Waals surface area contributed by atoms with Gasteiger partial charge in [-0.1, -0.05) is 40.9 Å². The van der Waals surface area contributed by atoms with E-state index in [-0.39, 0.29) is 12.5 Å². The fourth-order valence-corrected chi connectivity index (χ4v) is 3.15. The summed E-state index contributed by atoms with van der Waals surface area (Å²) in [5.74, 6) is 0.0483. The van der Waals surface area contributed by atoms with Crippen LogP contribution in [0.3, 0.4) is 0 Å². The Morgan fingerprint density at radius 3 is 2.72 bits per heavy atom. The lowest BCUT2D eigenvalue weighted by Crippen LogP contribution is -2.43. The van der Waals surface area contributed by atoms with Crippen LogP contribution < -0.4 is 5.32 Å². The smallest absolute Gasteiger partial charge is 0.230 e. The van der Waals surface area contributed by atoms with E-state index in [1.807, 2.05) is 24.3 Å². The van der Waals surface area contributed by atoms with E-state index in [4.69, 9.17) is 5.11 Å². The van der Waals surface area contributed by atoms with Gasteiger partial charge in [-0.2, -0.15) is 0 Å². The average molecular weight is 312 g/mol. The molecule has 0 spiro atoms. The van der Waals surface area contributed by atoms with Crippen molar-refractivity contribution in [1.29, 1.82) is 0 Å². The molecule has 18 heavy (non-hydrogen) atoms. The number of hydrogen-bond acceptors (Lipinski definition) is 2. The van der Waals surface area contributed by atoms with Gasteiger partial charge < -0.3 is 10.4 Å². The van der Waals surface area contributed by atoms with Gasteiger partial charge in [-0.3, -0.25) is 4.79 Å². The Labute approximate surface area is 116 Å². The summed E-state index contributed by atoms with van der Waals surface area (Å²) in [6.07, 6.45) is 3.94. The molecule has 1 aliphatic rings. The van der Waals surface area contributed by atoms with Crippen LogP contribution in [0.5, 0.6) is 0 Å². The standard InChI is InChI=1S/C14H18BrNO2/c15-12-5-3-4-11(10-12)14(6-1-2-7-14)13(18)16-8-9-17/h3-5,10,17H,1-2,6-9H2,(H,16,18). The summed E-state index contributed by atoms with van der Waals surface area (Å²) in [6, 6.07) is 8.00. The molecular weight excluding hydrogens is 294 g/mol. The van der Waals surface area contributed by atoms with Gasteiger partial charge in [0, 0.05) is 11.0 Å². The fourth-order valence-electron chi connectivity index (χ4n) is 2.75. The van der Waals surface area contributed by atoms with Crippen LogP contribution in [0.1, 0.15) is 31.2 Å². The first kappa shape index (κ1) is 13.6.